The summed E-state index contributed by atoms with van der Waals surface area (Å²) in [6, 6.07) is 1.83. The molecule has 18 heavy (non-hydrogen) atoms. The van der Waals surface area contributed by atoms with E-state index in [1.54, 1.807) is 17.0 Å². The molecule has 1 aromatic rings. The lowest BCUT2D eigenvalue weighted by Crippen LogP contribution is -2.48. The summed E-state index contributed by atoms with van der Waals surface area (Å²) in [6.45, 7) is 0.0122. The largest absolute Gasteiger partial charge is 0.394 e. The first-order valence-corrected chi connectivity index (χ1v) is 6.24. The molecule has 0 unspecified atom stereocenters. The number of aliphatic hydroxyl groups is 1. The molecule has 2 rings (SSSR count). The number of hydrogen-bond acceptors (Lipinski definition) is 3. The van der Waals surface area contributed by atoms with Gasteiger partial charge in [0.25, 0.3) is 0 Å². The van der Waals surface area contributed by atoms with Gasteiger partial charge in [0.2, 0.25) is 5.91 Å². The number of carbonyl (C=O) groups excluding carboxylic acids is 1. The fourth-order valence-electron chi connectivity index (χ4n) is 2.39. The number of aromatic nitrogens is 2. The standard InChI is InChI=1S/C13H19N3O2/c1-16-11(6-9-14-16)4-5-12(18)15-13(10-17)7-2-3-8-13/h4-6,9,17H,2-3,7-8,10H2,1H3,(H,15,18). The van der Waals surface area contributed by atoms with Crippen LogP contribution in [0, 0.1) is 0 Å². The zero-order valence-corrected chi connectivity index (χ0v) is 10.6. The molecule has 1 aromatic heterocycles. The second-order valence-corrected chi connectivity index (χ2v) is 4.85. The molecular formula is C13H19N3O2. The van der Waals surface area contributed by atoms with E-state index in [1.165, 1.54) is 6.08 Å². The third kappa shape index (κ3) is 2.79. The summed E-state index contributed by atoms with van der Waals surface area (Å²) in [7, 11) is 1.82. The molecule has 5 nitrogen and oxygen atoms in total. The summed E-state index contributed by atoms with van der Waals surface area (Å²) in [4.78, 5) is 11.8. The third-order valence-electron chi connectivity index (χ3n) is 3.52. The van der Waals surface area contributed by atoms with Crippen LogP contribution in [0.5, 0.6) is 0 Å². The molecule has 1 heterocycles. The van der Waals surface area contributed by atoms with E-state index in [1.807, 2.05) is 13.1 Å². The molecule has 0 atom stereocenters. The van der Waals surface area contributed by atoms with Crippen LogP contribution in [0.1, 0.15) is 31.4 Å². The molecule has 0 bridgehead atoms. The molecule has 1 aliphatic carbocycles. The zero-order chi connectivity index (χ0) is 13.0. The first-order chi connectivity index (χ1) is 8.65. The fraction of sp³-hybridized carbons (Fsp3) is 0.538. The molecule has 98 valence electrons. The van der Waals surface area contributed by atoms with E-state index in [9.17, 15) is 9.90 Å². The van der Waals surface area contributed by atoms with Crippen molar-refractivity contribution in [2.24, 2.45) is 7.05 Å². The highest BCUT2D eigenvalue weighted by Gasteiger charge is 2.33. The molecule has 0 aliphatic heterocycles. The van der Waals surface area contributed by atoms with Gasteiger partial charge in [0.05, 0.1) is 17.8 Å². The van der Waals surface area contributed by atoms with Crippen LogP contribution in [0.15, 0.2) is 18.3 Å². The smallest absolute Gasteiger partial charge is 0.244 e. The Labute approximate surface area is 106 Å². The van der Waals surface area contributed by atoms with Crippen molar-refractivity contribution in [3.05, 3.63) is 24.0 Å². The maximum Gasteiger partial charge on any atom is 0.244 e. The lowest BCUT2D eigenvalue weighted by molar-refractivity contribution is -0.118. The van der Waals surface area contributed by atoms with Gasteiger partial charge in [-0.2, -0.15) is 5.10 Å². The Bertz CT molecular complexity index is 445. The molecule has 0 saturated heterocycles. The molecule has 1 fully saturated rings. The molecule has 1 aliphatic rings. The van der Waals surface area contributed by atoms with Crippen molar-refractivity contribution in [2.75, 3.05) is 6.61 Å². The maximum absolute atomic E-state index is 11.8. The minimum absolute atomic E-state index is 0.0122. The van der Waals surface area contributed by atoms with Crippen molar-refractivity contribution in [2.45, 2.75) is 31.2 Å². The number of aliphatic hydroxyl groups excluding tert-OH is 1. The topological polar surface area (TPSA) is 67.2 Å². The molecule has 2 N–H and O–H groups in total. The Morgan fingerprint density at radius 1 is 1.61 bits per heavy atom. The summed E-state index contributed by atoms with van der Waals surface area (Å²) in [5.41, 5.74) is 0.461. The predicted molar refractivity (Wildman–Crippen MR) is 68.7 cm³/mol. The van der Waals surface area contributed by atoms with E-state index < -0.39 is 5.54 Å². The van der Waals surface area contributed by atoms with Gasteiger partial charge in [-0.05, 0) is 25.0 Å². The lowest BCUT2D eigenvalue weighted by Gasteiger charge is -2.27. The summed E-state index contributed by atoms with van der Waals surface area (Å²) < 4.78 is 1.70. The van der Waals surface area contributed by atoms with Gasteiger partial charge in [-0.15, -0.1) is 0 Å². The molecule has 1 amide bonds. The Morgan fingerprint density at radius 3 is 2.89 bits per heavy atom. The van der Waals surface area contributed by atoms with E-state index in [-0.39, 0.29) is 12.5 Å². The summed E-state index contributed by atoms with van der Waals surface area (Å²) in [6.07, 6.45) is 8.74. The van der Waals surface area contributed by atoms with Gasteiger partial charge in [-0.25, -0.2) is 0 Å². The van der Waals surface area contributed by atoms with Gasteiger partial charge < -0.3 is 10.4 Å². The number of aryl methyl sites for hydroxylation is 1. The van der Waals surface area contributed by atoms with Crippen molar-refractivity contribution in [3.8, 4) is 0 Å². The van der Waals surface area contributed by atoms with Gasteiger partial charge >= 0.3 is 0 Å². The number of amides is 1. The maximum atomic E-state index is 11.8. The Morgan fingerprint density at radius 2 is 2.33 bits per heavy atom. The molecule has 0 spiro atoms. The second kappa shape index (κ2) is 5.35. The molecule has 5 heteroatoms. The highest BCUT2D eigenvalue weighted by atomic mass is 16.3. The van der Waals surface area contributed by atoms with Crippen LogP contribution >= 0.6 is 0 Å². The van der Waals surface area contributed by atoms with Crippen molar-refractivity contribution < 1.29 is 9.90 Å². The zero-order valence-electron chi connectivity index (χ0n) is 10.6. The fourth-order valence-corrected chi connectivity index (χ4v) is 2.39. The van der Waals surface area contributed by atoms with Crippen LogP contribution in [0.2, 0.25) is 0 Å². The average Bonchev–Trinajstić information content (AvgIpc) is 2.97. The van der Waals surface area contributed by atoms with Crippen molar-refractivity contribution >= 4 is 12.0 Å². The van der Waals surface area contributed by atoms with Gasteiger partial charge in [0, 0.05) is 19.3 Å². The monoisotopic (exact) mass is 249 g/mol. The Kier molecular flexibility index (Phi) is 3.81. The Hall–Kier alpha value is -1.62. The first kappa shape index (κ1) is 12.8. The van der Waals surface area contributed by atoms with Crippen LogP contribution in [0.25, 0.3) is 6.08 Å². The van der Waals surface area contributed by atoms with Crippen LogP contribution in [-0.4, -0.2) is 32.9 Å². The van der Waals surface area contributed by atoms with E-state index >= 15 is 0 Å². The van der Waals surface area contributed by atoms with Gasteiger partial charge in [0.1, 0.15) is 0 Å². The highest BCUT2D eigenvalue weighted by Crippen LogP contribution is 2.28. The number of carbonyl (C=O) groups is 1. The van der Waals surface area contributed by atoms with Gasteiger partial charge in [-0.1, -0.05) is 12.8 Å². The van der Waals surface area contributed by atoms with Crippen molar-refractivity contribution in [1.82, 2.24) is 15.1 Å². The highest BCUT2D eigenvalue weighted by molar-refractivity contribution is 5.92. The number of hydrogen-bond donors (Lipinski definition) is 2. The lowest BCUT2D eigenvalue weighted by atomic mass is 9.99. The van der Waals surface area contributed by atoms with E-state index in [0.29, 0.717) is 0 Å². The predicted octanol–water partition coefficient (Wildman–Crippen LogP) is 0.855. The quantitative estimate of drug-likeness (QED) is 0.778. The SMILES string of the molecule is Cn1nccc1C=CC(=O)NC1(CO)CCCC1. The summed E-state index contributed by atoms with van der Waals surface area (Å²) in [5.74, 6) is -0.160. The number of rotatable bonds is 4. The van der Waals surface area contributed by atoms with Crippen molar-refractivity contribution in [3.63, 3.8) is 0 Å². The first-order valence-electron chi connectivity index (χ1n) is 6.24. The van der Waals surface area contributed by atoms with Crippen molar-refractivity contribution in [1.29, 1.82) is 0 Å². The van der Waals surface area contributed by atoms with Gasteiger partial charge in [-0.3, -0.25) is 9.48 Å². The van der Waals surface area contributed by atoms with Gasteiger partial charge in [0.15, 0.2) is 0 Å². The van der Waals surface area contributed by atoms with E-state index in [0.717, 1.165) is 31.4 Å². The van der Waals surface area contributed by atoms with E-state index in [4.69, 9.17) is 0 Å². The number of nitrogens with one attached hydrogen (secondary N) is 1. The minimum Gasteiger partial charge on any atom is -0.394 e. The van der Waals surface area contributed by atoms with E-state index in [2.05, 4.69) is 10.4 Å². The van der Waals surface area contributed by atoms with Crippen LogP contribution in [0.3, 0.4) is 0 Å². The molecule has 1 saturated carbocycles. The third-order valence-corrected chi connectivity index (χ3v) is 3.52. The number of nitrogens with zero attached hydrogens (tertiary/aromatic N) is 2. The normalized spacial score (nSPS) is 18.3. The minimum atomic E-state index is -0.409. The molecule has 0 radical (unpaired) electrons. The summed E-state index contributed by atoms with van der Waals surface area (Å²) in [5, 5.41) is 16.3. The Balaban J connectivity index is 1.96. The van der Waals surface area contributed by atoms with Crippen LogP contribution in [-0.2, 0) is 11.8 Å². The van der Waals surface area contributed by atoms with Crippen LogP contribution in [0.4, 0.5) is 0 Å². The average molecular weight is 249 g/mol. The van der Waals surface area contributed by atoms with Crippen LogP contribution < -0.4 is 5.32 Å². The molecular weight excluding hydrogens is 230 g/mol. The molecule has 0 aromatic carbocycles. The summed E-state index contributed by atoms with van der Waals surface area (Å²) >= 11 is 0. The second-order valence-electron chi connectivity index (χ2n) is 4.85.